The molecule has 0 fully saturated rings. The molecule has 1 aromatic carbocycles. The molecule has 0 saturated carbocycles. The summed E-state index contributed by atoms with van der Waals surface area (Å²) < 4.78 is 15.1. The van der Waals surface area contributed by atoms with Gasteiger partial charge in [-0.25, -0.2) is 14.4 Å². The highest BCUT2D eigenvalue weighted by Crippen LogP contribution is 2.30. The number of halogens is 1. The number of carbonyl (C=O) groups excluding carboxylic acids is 1. The summed E-state index contributed by atoms with van der Waals surface area (Å²) >= 11 is 2.88. The number of imidazole rings is 1. The summed E-state index contributed by atoms with van der Waals surface area (Å²) in [5, 5.41) is 3.60. The van der Waals surface area contributed by atoms with Gasteiger partial charge in [0.2, 0.25) is 0 Å². The van der Waals surface area contributed by atoms with Gasteiger partial charge in [0.1, 0.15) is 10.7 Å². The van der Waals surface area contributed by atoms with Crippen molar-refractivity contribution in [2.45, 2.75) is 19.9 Å². The Balaban J connectivity index is 1.40. The summed E-state index contributed by atoms with van der Waals surface area (Å²) in [6.07, 6.45) is 2.79. The van der Waals surface area contributed by atoms with Crippen LogP contribution >= 0.6 is 22.7 Å². The van der Waals surface area contributed by atoms with Crippen molar-refractivity contribution in [2.24, 2.45) is 0 Å². The summed E-state index contributed by atoms with van der Waals surface area (Å²) in [4.78, 5) is 26.9. The Morgan fingerprint density at radius 3 is 2.76 bits per heavy atom. The smallest absolute Gasteiger partial charge is 0.269 e. The number of hydrogen-bond donors (Lipinski definition) is 1. The molecule has 0 unspecified atom stereocenters. The first-order valence-electron chi connectivity index (χ1n) is 9.21. The maximum atomic E-state index is 13.2. The number of anilines is 1. The van der Waals surface area contributed by atoms with E-state index in [-0.39, 0.29) is 11.7 Å². The van der Waals surface area contributed by atoms with E-state index >= 15 is 0 Å². The number of rotatable bonds is 3. The minimum atomic E-state index is -0.277. The van der Waals surface area contributed by atoms with Crippen molar-refractivity contribution in [2.75, 3.05) is 18.9 Å². The summed E-state index contributed by atoms with van der Waals surface area (Å²) in [5.74, 6) is -0.443. The zero-order valence-electron chi connectivity index (χ0n) is 15.9. The predicted molar refractivity (Wildman–Crippen MR) is 113 cm³/mol. The molecule has 3 aromatic heterocycles. The molecule has 9 heteroatoms. The van der Waals surface area contributed by atoms with Crippen molar-refractivity contribution < 1.29 is 9.18 Å². The van der Waals surface area contributed by atoms with Crippen molar-refractivity contribution in [1.29, 1.82) is 0 Å². The maximum absolute atomic E-state index is 13.2. The van der Waals surface area contributed by atoms with E-state index in [9.17, 15) is 9.18 Å². The second kappa shape index (κ2) is 7.01. The second-order valence-corrected chi connectivity index (χ2v) is 9.19. The second-order valence-electron chi connectivity index (χ2n) is 7.13. The average Bonchev–Trinajstić information content (AvgIpc) is 3.36. The largest absolute Gasteiger partial charge is 0.301 e. The third-order valence-corrected chi connectivity index (χ3v) is 7.20. The van der Waals surface area contributed by atoms with Crippen LogP contribution in [0.5, 0.6) is 0 Å². The molecule has 5 rings (SSSR count). The molecule has 148 valence electrons. The fraction of sp³-hybridized carbons (Fsp3) is 0.250. The Hall–Kier alpha value is -2.62. The van der Waals surface area contributed by atoms with Crippen LogP contribution in [0, 0.1) is 12.7 Å². The molecule has 1 aliphatic rings. The molecule has 1 N–H and O–H groups in total. The van der Waals surface area contributed by atoms with Crippen LogP contribution in [0.25, 0.3) is 16.2 Å². The number of fused-ring (bicyclic) bond motifs is 2. The SMILES string of the molecule is Cc1c(C(=O)Nc2nc3c(s2)CN(C)CC3)sc2nc(-c3ccc(F)cc3)cn12. The van der Waals surface area contributed by atoms with Crippen LogP contribution in [0.3, 0.4) is 0 Å². The monoisotopic (exact) mass is 427 g/mol. The fourth-order valence-corrected chi connectivity index (χ4v) is 5.54. The predicted octanol–water partition coefficient (Wildman–Crippen LogP) is 4.21. The van der Waals surface area contributed by atoms with E-state index in [1.807, 2.05) is 17.5 Å². The molecule has 4 aromatic rings. The molecule has 0 saturated heterocycles. The number of thiazole rings is 2. The third-order valence-electron chi connectivity index (χ3n) is 5.05. The van der Waals surface area contributed by atoms with Gasteiger partial charge < -0.3 is 4.90 Å². The van der Waals surface area contributed by atoms with Crippen molar-refractivity contribution in [3.05, 3.63) is 57.4 Å². The Labute approximate surface area is 174 Å². The number of benzene rings is 1. The molecule has 0 spiro atoms. The van der Waals surface area contributed by atoms with E-state index in [0.29, 0.717) is 10.0 Å². The highest BCUT2D eigenvalue weighted by atomic mass is 32.1. The van der Waals surface area contributed by atoms with Crippen LogP contribution in [0.4, 0.5) is 9.52 Å². The number of amides is 1. The molecule has 4 heterocycles. The van der Waals surface area contributed by atoms with Gasteiger partial charge in [-0.05, 0) is 38.2 Å². The van der Waals surface area contributed by atoms with Crippen LogP contribution in [-0.4, -0.2) is 38.8 Å². The highest BCUT2D eigenvalue weighted by molar-refractivity contribution is 7.19. The van der Waals surface area contributed by atoms with Crippen LogP contribution < -0.4 is 5.32 Å². The van der Waals surface area contributed by atoms with Gasteiger partial charge in [-0.2, -0.15) is 0 Å². The van der Waals surface area contributed by atoms with Crippen molar-refractivity contribution in [1.82, 2.24) is 19.3 Å². The summed E-state index contributed by atoms with van der Waals surface area (Å²) in [6.45, 7) is 3.76. The third kappa shape index (κ3) is 3.35. The standard InChI is InChI=1S/C20H18FN5OS2/c1-11-17(18(27)24-19-22-14-7-8-25(2)10-16(14)28-19)29-20-23-15(9-26(11)20)12-3-5-13(21)6-4-12/h3-6,9H,7-8,10H2,1-2H3,(H,22,24,27). The van der Waals surface area contributed by atoms with Gasteiger partial charge in [0.25, 0.3) is 5.91 Å². The molecule has 0 atom stereocenters. The van der Waals surface area contributed by atoms with Crippen molar-refractivity contribution >= 4 is 38.7 Å². The average molecular weight is 428 g/mol. The van der Waals surface area contributed by atoms with E-state index in [1.54, 1.807) is 23.5 Å². The molecule has 29 heavy (non-hydrogen) atoms. The van der Waals surface area contributed by atoms with Crippen molar-refractivity contribution in [3.8, 4) is 11.3 Å². The molecular weight excluding hydrogens is 409 g/mol. The molecule has 0 aliphatic carbocycles. The van der Waals surface area contributed by atoms with E-state index in [2.05, 4.69) is 27.2 Å². The molecule has 1 aliphatic heterocycles. The fourth-order valence-electron chi connectivity index (χ4n) is 3.45. The van der Waals surface area contributed by atoms with Gasteiger partial charge >= 0.3 is 0 Å². The number of aromatic nitrogens is 3. The van der Waals surface area contributed by atoms with Gasteiger partial charge in [0.05, 0.1) is 11.4 Å². The lowest BCUT2D eigenvalue weighted by Crippen LogP contribution is -2.25. The number of carbonyl (C=O) groups is 1. The lowest BCUT2D eigenvalue weighted by atomic mass is 10.2. The quantitative estimate of drug-likeness (QED) is 0.532. The lowest BCUT2D eigenvalue weighted by molar-refractivity contribution is 0.102. The molecule has 0 radical (unpaired) electrons. The highest BCUT2D eigenvalue weighted by Gasteiger charge is 2.22. The van der Waals surface area contributed by atoms with Crippen LogP contribution in [0.2, 0.25) is 0 Å². The first-order chi connectivity index (χ1) is 14.0. The molecular formula is C20H18FN5OS2. The Bertz CT molecular complexity index is 1220. The van der Waals surface area contributed by atoms with Crippen molar-refractivity contribution in [3.63, 3.8) is 0 Å². The molecule has 6 nitrogen and oxygen atoms in total. The van der Waals surface area contributed by atoms with Gasteiger partial charge in [0, 0.05) is 41.8 Å². The zero-order valence-corrected chi connectivity index (χ0v) is 17.5. The zero-order chi connectivity index (χ0) is 20.1. The lowest BCUT2D eigenvalue weighted by Gasteiger charge is -2.20. The number of aryl methyl sites for hydroxylation is 1. The minimum Gasteiger partial charge on any atom is -0.301 e. The van der Waals surface area contributed by atoms with Crippen LogP contribution in [-0.2, 0) is 13.0 Å². The first-order valence-corrected chi connectivity index (χ1v) is 10.8. The maximum Gasteiger partial charge on any atom is 0.269 e. The van der Waals surface area contributed by atoms with E-state index < -0.39 is 0 Å². The van der Waals surface area contributed by atoms with Crippen LogP contribution in [0.1, 0.15) is 25.9 Å². The number of hydrogen-bond acceptors (Lipinski definition) is 6. The first kappa shape index (κ1) is 18.4. The summed E-state index contributed by atoms with van der Waals surface area (Å²) in [5.41, 5.74) is 3.50. The van der Waals surface area contributed by atoms with Gasteiger partial charge in [0.15, 0.2) is 10.1 Å². The topological polar surface area (TPSA) is 62.5 Å². The van der Waals surface area contributed by atoms with Gasteiger partial charge in [-0.3, -0.25) is 14.5 Å². The van der Waals surface area contributed by atoms with E-state index in [1.165, 1.54) is 28.3 Å². The van der Waals surface area contributed by atoms with Gasteiger partial charge in [-0.1, -0.05) is 11.3 Å². The number of nitrogens with zero attached hydrogens (tertiary/aromatic N) is 4. The Morgan fingerprint density at radius 1 is 1.21 bits per heavy atom. The summed E-state index contributed by atoms with van der Waals surface area (Å²) in [7, 11) is 2.09. The van der Waals surface area contributed by atoms with E-state index in [0.717, 1.165) is 47.1 Å². The number of nitrogens with one attached hydrogen (secondary N) is 1. The minimum absolute atomic E-state index is 0.166. The molecule has 1 amide bonds. The van der Waals surface area contributed by atoms with Gasteiger partial charge in [-0.15, -0.1) is 11.3 Å². The summed E-state index contributed by atoms with van der Waals surface area (Å²) in [6, 6.07) is 6.23. The van der Waals surface area contributed by atoms with E-state index in [4.69, 9.17) is 0 Å². The Morgan fingerprint density at radius 2 is 2.00 bits per heavy atom. The normalized spacial score (nSPS) is 14.3. The molecule has 0 bridgehead atoms. The van der Waals surface area contributed by atoms with Crippen LogP contribution in [0.15, 0.2) is 30.5 Å². The number of likely N-dealkylation sites (N-methyl/N-ethyl adjacent to an activating group) is 1. The Kier molecular flexibility index (Phi) is 4.45.